The van der Waals surface area contributed by atoms with Crippen molar-refractivity contribution in [2.75, 3.05) is 5.75 Å². The maximum atomic E-state index is 9.09. The fraction of sp³-hybridized carbons (Fsp3) is 0.538. The maximum absolute atomic E-state index is 9.09. The Hall–Kier alpha value is -0.445. The van der Waals surface area contributed by atoms with Crippen molar-refractivity contribution in [1.82, 2.24) is 0 Å². The summed E-state index contributed by atoms with van der Waals surface area (Å²) >= 11 is 1.96. The van der Waals surface area contributed by atoms with E-state index in [1.54, 1.807) is 6.07 Å². The van der Waals surface area contributed by atoms with Crippen LogP contribution in [-0.2, 0) is 5.75 Å². The van der Waals surface area contributed by atoms with Crippen LogP contribution in [0.15, 0.2) is 24.3 Å². The topological polar surface area (TPSA) is 40.5 Å². The molecule has 1 aliphatic rings. The van der Waals surface area contributed by atoms with Crippen LogP contribution in [0.1, 0.15) is 31.2 Å². The van der Waals surface area contributed by atoms with Gasteiger partial charge in [0.2, 0.25) is 0 Å². The molecule has 0 amide bonds. The zero-order valence-corrected chi connectivity index (χ0v) is 10.8. The number of hydrogen-bond acceptors (Lipinski definition) is 3. The second kappa shape index (κ2) is 6.48. The summed E-state index contributed by atoms with van der Waals surface area (Å²) in [6.07, 6.45) is 5.58. The van der Waals surface area contributed by atoms with Gasteiger partial charge in [-0.2, -0.15) is 11.8 Å². The summed E-state index contributed by atoms with van der Waals surface area (Å²) < 4.78 is 0. The van der Waals surface area contributed by atoms with Gasteiger partial charge in [-0.05, 0) is 35.5 Å². The lowest BCUT2D eigenvalue weighted by molar-refractivity contribution is 0.425. The van der Waals surface area contributed by atoms with Crippen LogP contribution >= 0.6 is 11.8 Å². The molecular weight excluding hydrogens is 231 g/mol. The van der Waals surface area contributed by atoms with Gasteiger partial charge in [0.1, 0.15) is 0 Å². The minimum Gasteiger partial charge on any atom is -0.423 e. The minimum atomic E-state index is -1.35. The summed E-state index contributed by atoms with van der Waals surface area (Å²) in [4.78, 5) is 0. The Morgan fingerprint density at radius 3 is 2.71 bits per heavy atom. The smallest absolute Gasteiger partial charge is 0.423 e. The molecule has 1 aromatic carbocycles. The summed E-state index contributed by atoms with van der Waals surface area (Å²) in [6.45, 7) is 0. The van der Waals surface area contributed by atoms with Crippen LogP contribution in [0.2, 0.25) is 0 Å². The van der Waals surface area contributed by atoms with E-state index in [2.05, 4.69) is 0 Å². The van der Waals surface area contributed by atoms with Gasteiger partial charge in [-0.3, -0.25) is 0 Å². The van der Waals surface area contributed by atoms with Gasteiger partial charge in [0.25, 0.3) is 0 Å². The first-order valence-electron chi connectivity index (χ1n) is 6.28. The third-order valence-electron chi connectivity index (χ3n) is 3.35. The first-order valence-corrected chi connectivity index (χ1v) is 7.44. The molecule has 17 heavy (non-hydrogen) atoms. The molecule has 0 unspecified atom stereocenters. The highest BCUT2D eigenvalue weighted by Crippen LogP contribution is 2.28. The monoisotopic (exact) mass is 250 g/mol. The molecule has 0 heterocycles. The molecule has 1 saturated carbocycles. The summed E-state index contributed by atoms with van der Waals surface area (Å²) in [6, 6.07) is 7.57. The molecule has 1 aliphatic carbocycles. The van der Waals surface area contributed by atoms with Crippen LogP contribution in [0.4, 0.5) is 0 Å². The lowest BCUT2D eigenvalue weighted by Crippen LogP contribution is -2.29. The quantitative estimate of drug-likeness (QED) is 0.783. The average molecular weight is 250 g/mol. The Balaban J connectivity index is 1.79. The van der Waals surface area contributed by atoms with E-state index in [0.29, 0.717) is 5.46 Å². The molecule has 4 heteroatoms. The molecular formula is C13H19BO2S. The molecule has 0 radical (unpaired) electrons. The van der Waals surface area contributed by atoms with Crippen molar-refractivity contribution in [3.8, 4) is 0 Å². The number of thioether (sulfide) groups is 1. The van der Waals surface area contributed by atoms with Gasteiger partial charge in [0.05, 0.1) is 0 Å². The summed E-state index contributed by atoms with van der Waals surface area (Å²) in [5.41, 5.74) is 1.77. The van der Waals surface area contributed by atoms with Gasteiger partial charge in [-0.15, -0.1) is 0 Å². The average Bonchev–Trinajstić information content (AvgIpc) is 2.82. The Labute approximate surface area is 108 Å². The van der Waals surface area contributed by atoms with Crippen molar-refractivity contribution in [3.63, 3.8) is 0 Å². The third-order valence-corrected chi connectivity index (χ3v) is 4.59. The van der Waals surface area contributed by atoms with Crippen LogP contribution in [-0.4, -0.2) is 22.9 Å². The highest BCUT2D eigenvalue weighted by molar-refractivity contribution is 7.98. The zero-order valence-electron chi connectivity index (χ0n) is 10.0. The number of rotatable bonds is 5. The van der Waals surface area contributed by atoms with Crippen LogP contribution in [0.5, 0.6) is 0 Å². The maximum Gasteiger partial charge on any atom is 0.488 e. The van der Waals surface area contributed by atoms with E-state index in [1.165, 1.54) is 37.0 Å². The normalized spacial score (nSPS) is 16.4. The second-order valence-corrected chi connectivity index (χ2v) is 5.81. The van der Waals surface area contributed by atoms with Gasteiger partial charge in [-0.25, -0.2) is 0 Å². The highest BCUT2D eigenvalue weighted by Gasteiger charge is 2.15. The first kappa shape index (κ1) is 13.0. The highest BCUT2D eigenvalue weighted by atomic mass is 32.2. The van der Waals surface area contributed by atoms with E-state index in [1.807, 2.05) is 30.0 Å². The summed E-state index contributed by atoms with van der Waals surface area (Å²) in [5.74, 6) is 3.12. The van der Waals surface area contributed by atoms with Crippen molar-refractivity contribution in [2.45, 2.75) is 31.4 Å². The van der Waals surface area contributed by atoms with Crippen LogP contribution in [0.3, 0.4) is 0 Å². The van der Waals surface area contributed by atoms with Gasteiger partial charge in [-0.1, -0.05) is 37.1 Å². The van der Waals surface area contributed by atoms with Gasteiger partial charge in [0, 0.05) is 5.75 Å². The lowest BCUT2D eigenvalue weighted by atomic mass is 9.80. The van der Waals surface area contributed by atoms with E-state index in [0.717, 1.165) is 11.7 Å². The molecule has 0 spiro atoms. The Morgan fingerprint density at radius 1 is 1.24 bits per heavy atom. The molecule has 0 aromatic heterocycles. The minimum absolute atomic E-state index is 0.587. The van der Waals surface area contributed by atoms with Crippen LogP contribution in [0, 0.1) is 5.92 Å². The number of hydrogen-bond donors (Lipinski definition) is 2. The lowest BCUT2D eigenvalue weighted by Gasteiger charge is -2.09. The molecule has 1 aromatic rings. The van der Waals surface area contributed by atoms with Crippen LogP contribution < -0.4 is 5.46 Å². The Bertz CT molecular complexity index is 351. The van der Waals surface area contributed by atoms with E-state index >= 15 is 0 Å². The fourth-order valence-electron chi connectivity index (χ4n) is 2.36. The zero-order chi connectivity index (χ0) is 12.1. The molecule has 2 rings (SSSR count). The molecule has 0 aliphatic heterocycles. The molecule has 1 fully saturated rings. The Kier molecular flexibility index (Phi) is 4.95. The van der Waals surface area contributed by atoms with Crippen molar-refractivity contribution < 1.29 is 10.0 Å². The molecule has 0 atom stereocenters. The molecule has 2 nitrogen and oxygen atoms in total. The first-order chi connectivity index (χ1) is 8.25. The fourth-order valence-corrected chi connectivity index (χ4v) is 3.56. The SMILES string of the molecule is OB(O)c1cccc(CSCC2CCCC2)c1. The van der Waals surface area contributed by atoms with Crippen molar-refractivity contribution in [3.05, 3.63) is 29.8 Å². The molecule has 2 N–H and O–H groups in total. The van der Waals surface area contributed by atoms with Gasteiger partial charge >= 0.3 is 7.12 Å². The predicted molar refractivity (Wildman–Crippen MR) is 74.4 cm³/mol. The summed E-state index contributed by atoms with van der Waals surface area (Å²) in [5, 5.41) is 18.2. The predicted octanol–water partition coefficient (Wildman–Crippen LogP) is 1.79. The van der Waals surface area contributed by atoms with Gasteiger partial charge in [0.15, 0.2) is 0 Å². The molecule has 0 bridgehead atoms. The van der Waals surface area contributed by atoms with Crippen molar-refractivity contribution in [1.29, 1.82) is 0 Å². The largest absolute Gasteiger partial charge is 0.488 e. The third kappa shape index (κ3) is 4.05. The van der Waals surface area contributed by atoms with Crippen molar-refractivity contribution >= 4 is 24.3 Å². The van der Waals surface area contributed by atoms with E-state index in [4.69, 9.17) is 10.0 Å². The van der Waals surface area contributed by atoms with Crippen LogP contribution in [0.25, 0.3) is 0 Å². The summed E-state index contributed by atoms with van der Waals surface area (Å²) in [7, 11) is -1.35. The van der Waals surface area contributed by atoms with E-state index in [9.17, 15) is 0 Å². The van der Waals surface area contributed by atoms with E-state index < -0.39 is 7.12 Å². The number of benzene rings is 1. The van der Waals surface area contributed by atoms with Crippen molar-refractivity contribution in [2.24, 2.45) is 5.92 Å². The molecule has 0 saturated heterocycles. The Morgan fingerprint density at radius 2 is 2.00 bits per heavy atom. The second-order valence-electron chi connectivity index (χ2n) is 4.78. The standard InChI is InChI=1S/C13H19BO2S/c15-14(16)13-7-3-6-12(8-13)10-17-9-11-4-1-2-5-11/h3,6-8,11,15-16H,1-2,4-5,9-10H2. The molecule has 92 valence electrons. The van der Waals surface area contributed by atoms with Gasteiger partial charge < -0.3 is 10.0 Å². The van der Waals surface area contributed by atoms with E-state index in [-0.39, 0.29) is 0 Å².